The van der Waals surface area contributed by atoms with Crippen LogP contribution in [-0.2, 0) is 16.0 Å². The highest BCUT2D eigenvalue weighted by Gasteiger charge is 2.34. The minimum absolute atomic E-state index is 0.107. The third kappa shape index (κ3) is 5.65. The molecule has 0 aliphatic rings. The topological polar surface area (TPSA) is 109 Å². The van der Waals surface area contributed by atoms with Crippen LogP contribution >= 0.6 is 0 Å². The Morgan fingerprint density at radius 2 is 1.87 bits per heavy atom. The van der Waals surface area contributed by atoms with E-state index in [0.29, 0.717) is 6.07 Å². The van der Waals surface area contributed by atoms with E-state index in [2.05, 4.69) is 10.3 Å². The van der Waals surface area contributed by atoms with Crippen molar-refractivity contribution in [1.82, 2.24) is 15.3 Å². The molecule has 7 nitrogen and oxygen atoms in total. The summed E-state index contributed by atoms with van der Waals surface area (Å²) in [7, 11) is -3.87. The van der Waals surface area contributed by atoms with Gasteiger partial charge in [0.2, 0.25) is 15.0 Å². The normalized spacial score (nSPS) is 13.3. The van der Waals surface area contributed by atoms with Gasteiger partial charge in [-0.1, -0.05) is 19.9 Å². The van der Waals surface area contributed by atoms with Crippen molar-refractivity contribution >= 4 is 15.7 Å². The van der Waals surface area contributed by atoms with Gasteiger partial charge in [-0.15, -0.1) is 0 Å². The first kappa shape index (κ1) is 23.5. The Bertz CT molecular complexity index is 1110. The number of aromatic amines is 1. The van der Waals surface area contributed by atoms with E-state index in [9.17, 15) is 35.6 Å². The molecule has 1 amide bonds. The first-order valence-corrected chi connectivity index (χ1v) is 10.6. The van der Waals surface area contributed by atoms with Crippen molar-refractivity contribution in [3.8, 4) is 0 Å². The quantitative estimate of drug-likeness (QED) is 0.520. The number of carbonyl (C=O) groups excluding carboxylic acids is 1. The number of rotatable bonds is 6. The summed E-state index contributed by atoms with van der Waals surface area (Å²) < 4.78 is 75.3. The number of aromatic nitrogens is 2. The number of hydrogen-bond donors (Lipinski definition) is 2. The van der Waals surface area contributed by atoms with E-state index in [1.54, 1.807) is 13.8 Å². The summed E-state index contributed by atoms with van der Waals surface area (Å²) in [5.41, 5.74) is -2.44. The van der Waals surface area contributed by atoms with Crippen molar-refractivity contribution in [2.24, 2.45) is 5.92 Å². The Kier molecular flexibility index (Phi) is 6.70. The number of amides is 1. The van der Waals surface area contributed by atoms with Crippen LogP contribution in [0.5, 0.6) is 0 Å². The van der Waals surface area contributed by atoms with Crippen LogP contribution in [0.4, 0.5) is 17.6 Å². The Hall–Kier alpha value is -2.76. The molecule has 1 atom stereocenters. The molecule has 164 valence electrons. The van der Waals surface area contributed by atoms with E-state index >= 15 is 0 Å². The lowest BCUT2D eigenvalue weighted by Gasteiger charge is -2.22. The standard InChI is InChI=1S/C18H19F4N3O4S/c1-9(2)11(10-4-5-12(13(19)6-10)18(20,21)22)8-23-16(27)14-7-15(26)25-17(24-14)30(3,28)29/h4-7,9,11H,8H2,1-3H3,(H,23,27)(H,24,25,26). The monoisotopic (exact) mass is 449 g/mol. The summed E-state index contributed by atoms with van der Waals surface area (Å²) in [5, 5.41) is 1.78. The minimum Gasteiger partial charge on any atom is -0.350 e. The molecule has 0 spiro atoms. The Morgan fingerprint density at radius 3 is 2.37 bits per heavy atom. The van der Waals surface area contributed by atoms with E-state index in [0.717, 1.165) is 24.5 Å². The molecule has 0 saturated carbocycles. The number of halogens is 4. The van der Waals surface area contributed by atoms with Gasteiger partial charge in [-0.3, -0.25) is 14.6 Å². The summed E-state index contributed by atoms with van der Waals surface area (Å²) >= 11 is 0. The molecule has 0 radical (unpaired) electrons. The van der Waals surface area contributed by atoms with Gasteiger partial charge in [0.1, 0.15) is 11.5 Å². The summed E-state index contributed by atoms with van der Waals surface area (Å²) in [6, 6.07) is 3.35. The number of alkyl halides is 3. The maximum atomic E-state index is 13.9. The van der Waals surface area contributed by atoms with Gasteiger partial charge < -0.3 is 5.32 Å². The van der Waals surface area contributed by atoms with Gasteiger partial charge in [-0.05, 0) is 23.6 Å². The second-order valence-electron chi connectivity index (χ2n) is 7.01. The van der Waals surface area contributed by atoms with Crippen LogP contribution in [0.1, 0.15) is 41.4 Å². The highest BCUT2D eigenvalue weighted by atomic mass is 32.2. The second kappa shape index (κ2) is 8.54. The molecule has 1 aromatic carbocycles. The Balaban J connectivity index is 2.26. The second-order valence-corrected chi connectivity index (χ2v) is 8.94. The number of nitrogens with one attached hydrogen (secondary N) is 2. The van der Waals surface area contributed by atoms with Gasteiger partial charge in [-0.2, -0.15) is 13.2 Å². The fraction of sp³-hybridized carbons (Fsp3) is 0.389. The largest absolute Gasteiger partial charge is 0.419 e. The van der Waals surface area contributed by atoms with Gasteiger partial charge in [0.05, 0.1) is 5.56 Å². The summed E-state index contributed by atoms with van der Waals surface area (Å²) in [4.78, 5) is 29.6. The smallest absolute Gasteiger partial charge is 0.350 e. The molecule has 1 heterocycles. The summed E-state index contributed by atoms with van der Waals surface area (Å²) in [5.74, 6) is -3.03. The van der Waals surface area contributed by atoms with Crippen LogP contribution in [0.2, 0.25) is 0 Å². The van der Waals surface area contributed by atoms with Crippen molar-refractivity contribution in [1.29, 1.82) is 0 Å². The van der Waals surface area contributed by atoms with Gasteiger partial charge in [0, 0.05) is 24.8 Å². The molecule has 1 unspecified atom stereocenters. The zero-order valence-corrected chi connectivity index (χ0v) is 17.0. The third-order valence-electron chi connectivity index (χ3n) is 4.32. The summed E-state index contributed by atoms with van der Waals surface area (Å²) in [6.45, 7) is 3.36. The van der Waals surface area contributed by atoms with Gasteiger partial charge in [0.25, 0.3) is 11.5 Å². The first-order chi connectivity index (χ1) is 13.7. The highest BCUT2D eigenvalue weighted by molar-refractivity contribution is 7.90. The number of carbonyl (C=O) groups is 1. The maximum Gasteiger partial charge on any atom is 0.419 e. The number of benzene rings is 1. The van der Waals surface area contributed by atoms with Crippen LogP contribution in [0.25, 0.3) is 0 Å². The third-order valence-corrected chi connectivity index (χ3v) is 5.21. The lowest BCUT2D eigenvalue weighted by molar-refractivity contribution is -0.140. The SMILES string of the molecule is CC(C)C(CNC(=O)c1cc(=O)[nH]c(S(C)(=O)=O)n1)c1ccc(C(F)(F)F)c(F)c1. The average Bonchev–Trinajstić information content (AvgIpc) is 2.59. The van der Waals surface area contributed by atoms with E-state index < -0.39 is 55.6 Å². The van der Waals surface area contributed by atoms with Gasteiger partial charge >= 0.3 is 6.18 Å². The van der Waals surface area contributed by atoms with Crippen molar-refractivity contribution in [3.63, 3.8) is 0 Å². The predicted octanol–water partition coefficient (Wildman–Crippen LogP) is 2.50. The molecule has 2 aromatic rings. The lowest BCUT2D eigenvalue weighted by Crippen LogP contribution is -2.32. The Labute approximate surface area is 169 Å². The van der Waals surface area contributed by atoms with Crippen LogP contribution < -0.4 is 10.9 Å². The van der Waals surface area contributed by atoms with Crippen LogP contribution in [0.15, 0.2) is 34.2 Å². The fourth-order valence-corrected chi connectivity index (χ4v) is 3.30. The van der Waals surface area contributed by atoms with Crippen molar-refractivity contribution in [2.45, 2.75) is 31.1 Å². The van der Waals surface area contributed by atoms with Crippen molar-refractivity contribution in [2.75, 3.05) is 12.8 Å². The zero-order chi connectivity index (χ0) is 22.9. The molecular weight excluding hydrogens is 430 g/mol. The van der Waals surface area contributed by atoms with Gasteiger partial charge in [0.15, 0.2) is 0 Å². The molecule has 0 bridgehead atoms. The molecule has 0 aliphatic carbocycles. The molecule has 0 aliphatic heterocycles. The predicted molar refractivity (Wildman–Crippen MR) is 99.3 cm³/mol. The van der Waals surface area contributed by atoms with Crippen LogP contribution in [-0.4, -0.2) is 37.1 Å². The zero-order valence-electron chi connectivity index (χ0n) is 16.2. The summed E-state index contributed by atoms with van der Waals surface area (Å²) in [6.07, 6.45) is -4.02. The maximum absolute atomic E-state index is 13.9. The first-order valence-electron chi connectivity index (χ1n) is 8.66. The Morgan fingerprint density at radius 1 is 1.23 bits per heavy atom. The van der Waals surface area contributed by atoms with E-state index in [1.807, 2.05) is 4.98 Å². The van der Waals surface area contributed by atoms with Crippen molar-refractivity contribution < 1.29 is 30.8 Å². The van der Waals surface area contributed by atoms with Crippen molar-refractivity contribution in [3.05, 3.63) is 57.3 Å². The molecule has 2 rings (SSSR count). The molecule has 0 fully saturated rings. The number of nitrogens with zero attached hydrogens (tertiary/aromatic N) is 1. The molecule has 0 saturated heterocycles. The average molecular weight is 449 g/mol. The van der Waals surface area contributed by atoms with Crippen LogP contribution in [0, 0.1) is 11.7 Å². The van der Waals surface area contributed by atoms with E-state index in [1.165, 1.54) is 0 Å². The highest BCUT2D eigenvalue weighted by Crippen LogP contribution is 2.33. The number of H-pyrrole nitrogens is 1. The number of hydrogen-bond acceptors (Lipinski definition) is 5. The molecule has 30 heavy (non-hydrogen) atoms. The van der Waals surface area contributed by atoms with E-state index in [-0.39, 0.29) is 18.0 Å². The fourth-order valence-electron chi connectivity index (χ4n) is 2.75. The van der Waals surface area contributed by atoms with Gasteiger partial charge in [-0.25, -0.2) is 17.8 Å². The molecule has 1 aromatic heterocycles. The number of sulfone groups is 1. The molecular formula is C18H19F4N3O4S. The molecule has 12 heteroatoms. The van der Waals surface area contributed by atoms with Crippen LogP contribution in [0.3, 0.4) is 0 Å². The van der Waals surface area contributed by atoms with E-state index in [4.69, 9.17) is 0 Å². The molecule has 2 N–H and O–H groups in total. The minimum atomic E-state index is -4.83. The lowest BCUT2D eigenvalue weighted by atomic mass is 9.87.